The quantitative estimate of drug-likeness (QED) is 0.565. The van der Waals surface area contributed by atoms with Crippen molar-refractivity contribution in [3.8, 4) is 5.75 Å². The minimum absolute atomic E-state index is 0.202. The van der Waals surface area contributed by atoms with Crippen LogP contribution in [0.15, 0.2) is 29.2 Å². The molecule has 16 heavy (non-hydrogen) atoms. The molecule has 90 valence electrons. The number of phenols is 1. The van der Waals surface area contributed by atoms with Crippen LogP contribution in [-0.2, 0) is 0 Å². The lowest BCUT2D eigenvalue weighted by atomic mass is 10.0. The molecule has 1 aromatic carbocycles. The van der Waals surface area contributed by atoms with Gasteiger partial charge < -0.3 is 5.11 Å². The van der Waals surface area contributed by atoms with E-state index in [4.69, 9.17) is 0 Å². The second kappa shape index (κ2) is 6.19. The van der Waals surface area contributed by atoms with Gasteiger partial charge in [-0.3, -0.25) is 0 Å². The Morgan fingerprint density at radius 2 is 1.88 bits per heavy atom. The van der Waals surface area contributed by atoms with Crippen molar-refractivity contribution >= 4 is 11.8 Å². The first-order valence-corrected chi connectivity index (χ1v) is 6.84. The molecule has 0 aliphatic heterocycles. The standard InChI is InChI=1S/C14H22OS/c1-4-5-8-11-14(2,3)16-13-10-7-6-9-12(13)15/h6-7,9-10,15H,4-5,8,11H2,1-3H3. The molecule has 1 aromatic rings. The van der Waals surface area contributed by atoms with Gasteiger partial charge in [-0.25, -0.2) is 0 Å². The van der Waals surface area contributed by atoms with Crippen molar-refractivity contribution in [2.75, 3.05) is 0 Å². The zero-order chi connectivity index (χ0) is 12.0. The van der Waals surface area contributed by atoms with Crippen LogP contribution in [0.25, 0.3) is 0 Å². The summed E-state index contributed by atoms with van der Waals surface area (Å²) in [6.45, 7) is 6.72. The second-order valence-corrected chi connectivity index (χ2v) is 6.54. The molecule has 0 atom stereocenters. The van der Waals surface area contributed by atoms with E-state index in [9.17, 15) is 5.11 Å². The number of rotatable bonds is 6. The van der Waals surface area contributed by atoms with Crippen LogP contribution in [0.5, 0.6) is 5.75 Å². The molecule has 0 radical (unpaired) electrons. The number of aromatic hydroxyl groups is 1. The topological polar surface area (TPSA) is 20.2 Å². The number of unbranched alkanes of at least 4 members (excludes halogenated alkanes) is 2. The molecule has 2 heteroatoms. The van der Waals surface area contributed by atoms with E-state index >= 15 is 0 Å². The van der Waals surface area contributed by atoms with Gasteiger partial charge in [-0.2, -0.15) is 0 Å². The molecule has 0 saturated heterocycles. The zero-order valence-corrected chi connectivity index (χ0v) is 11.3. The fourth-order valence-electron chi connectivity index (χ4n) is 1.69. The van der Waals surface area contributed by atoms with E-state index in [0.717, 1.165) is 4.90 Å². The zero-order valence-electron chi connectivity index (χ0n) is 10.5. The Hall–Kier alpha value is -0.630. The molecule has 0 unspecified atom stereocenters. The van der Waals surface area contributed by atoms with Crippen LogP contribution < -0.4 is 0 Å². The predicted molar refractivity (Wildman–Crippen MR) is 72.2 cm³/mol. The number of hydrogen-bond donors (Lipinski definition) is 1. The van der Waals surface area contributed by atoms with E-state index in [1.807, 2.05) is 18.2 Å². The van der Waals surface area contributed by atoms with Gasteiger partial charge in [0.1, 0.15) is 5.75 Å². The first kappa shape index (κ1) is 13.4. The van der Waals surface area contributed by atoms with Crippen LogP contribution in [0.1, 0.15) is 46.5 Å². The molecular formula is C14H22OS. The summed E-state index contributed by atoms with van der Waals surface area (Å²) in [5.74, 6) is 0.399. The molecule has 0 spiro atoms. The molecule has 0 aliphatic carbocycles. The van der Waals surface area contributed by atoms with Gasteiger partial charge in [0.05, 0.1) is 0 Å². The summed E-state index contributed by atoms with van der Waals surface area (Å²) in [5, 5.41) is 9.72. The molecule has 0 aliphatic rings. The van der Waals surface area contributed by atoms with Crippen molar-refractivity contribution in [3.05, 3.63) is 24.3 Å². The maximum absolute atomic E-state index is 9.72. The van der Waals surface area contributed by atoms with Gasteiger partial charge in [-0.05, 0) is 18.6 Å². The molecule has 1 rings (SSSR count). The van der Waals surface area contributed by atoms with Crippen molar-refractivity contribution in [2.45, 2.75) is 56.1 Å². The van der Waals surface area contributed by atoms with Crippen LogP contribution >= 0.6 is 11.8 Å². The highest BCUT2D eigenvalue weighted by molar-refractivity contribution is 8.00. The summed E-state index contributed by atoms with van der Waals surface area (Å²) in [4.78, 5) is 0.990. The largest absolute Gasteiger partial charge is 0.507 e. The summed E-state index contributed by atoms with van der Waals surface area (Å²) >= 11 is 1.77. The molecule has 0 saturated carbocycles. The average molecular weight is 238 g/mol. The van der Waals surface area contributed by atoms with Gasteiger partial charge in [0.15, 0.2) is 0 Å². The van der Waals surface area contributed by atoms with Crippen LogP contribution in [0.3, 0.4) is 0 Å². The van der Waals surface area contributed by atoms with E-state index in [0.29, 0.717) is 5.75 Å². The lowest BCUT2D eigenvalue weighted by Crippen LogP contribution is -2.13. The number of benzene rings is 1. The van der Waals surface area contributed by atoms with Gasteiger partial charge in [0.2, 0.25) is 0 Å². The number of thioether (sulfide) groups is 1. The molecule has 1 nitrogen and oxygen atoms in total. The molecule has 1 N–H and O–H groups in total. The highest BCUT2D eigenvalue weighted by Crippen LogP contribution is 2.40. The fourth-order valence-corrected chi connectivity index (χ4v) is 2.85. The third kappa shape index (κ3) is 4.48. The van der Waals surface area contributed by atoms with Crippen molar-refractivity contribution in [1.29, 1.82) is 0 Å². The van der Waals surface area contributed by atoms with Crippen LogP contribution in [0.2, 0.25) is 0 Å². The summed E-state index contributed by atoms with van der Waals surface area (Å²) in [5.41, 5.74) is 0. The molecule has 0 bridgehead atoms. The van der Waals surface area contributed by atoms with Crippen LogP contribution in [-0.4, -0.2) is 9.85 Å². The smallest absolute Gasteiger partial charge is 0.129 e. The number of phenolic OH excluding ortho intramolecular Hbond substituents is 1. The van der Waals surface area contributed by atoms with Gasteiger partial charge in [0.25, 0.3) is 0 Å². The lowest BCUT2D eigenvalue weighted by molar-refractivity contribution is 0.461. The Morgan fingerprint density at radius 1 is 1.19 bits per heavy atom. The summed E-state index contributed by atoms with van der Waals surface area (Å²) in [7, 11) is 0. The molecule has 0 fully saturated rings. The first-order valence-electron chi connectivity index (χ1n) is 6.02. The van der Waals surface area contributed by atoms with E-state index in [1.54, 1.807) is 17.8 Å². The van der Waals surface area contributed by atoms with Gasteiger partial charge >= 0.3 is 0 Å². The van der Waals surface area contributed by atoms with E-state index < -0.39 is 0 Å². The molecule has 0 aromatic heterocycles. The maximum atomic E-state index is 9.72. The SMILES string of the molecule is CCCCCC(C)(C)Sc1ccccc1O. The van der Waals surface area contributed by atoms with E-state index in [2.05, 4.69) is 20.8 Å². The van der Waals surface area contributed by atoms with Crippen molar-refractivity contribution < 1.29 is 5.11 Å². The summed E-state index contributed by atoms with van der Waals surface area (Å²) in [6.07, 6.45) is 5.02. The summed E-state index contributed by atoms with van der Waals surface area (Å²) < 4.78 is 0.202. The fraction of sp³-hybridized carbons (Fsp3) is 0.571. The Kier molecular flexibility index (Phi) is 5.20. The normalized spacial score (nSPS) is 11.7. The highest BCUT2D eigenvalue weighted by Gasteiger charge is 2.20. The predicted octanol–water partition coefficient (Wildman–Crippen LogP) is 4.84. The third-order valence-corrected chi connectivity index (χ3v) is 3.96. The average Bonchev–Trinajstić information content (AvgIpc) is 2.21. The van der Waals surface area contributed by atoms with E-state index in [-0.39, 0.29) is 4.75 Å². The van der Waals surface area contributed by atoms with Crippen LogP contribution in [0.4, 0.5) is 0 Å². The second-order valence-electron chi connectivity index (χ2n) is 4.79. The Bertz CT molecular complexity index is 320. The first-order chi connectivity index (χ1) is 7.55. The molecule has 0 heterocycles. The number of hydrogen-bond acceptors (Lipinski definition) is 2. The Labute approximate surface area is 103 Å². The highest BCUT2D eigenvalue weighted by atomic mass is 32.2. The number of para-hydroxylation sites is 1. The summed E-state index contributed by atoms with van der Waals surface area (Å²) in [6, 6.07) is 7.58. The van der Waals surface area contributed by atoms with Crippen molar-refractivity contribution in [1.82, 2.24) is 0 Å². The monoisotopic (exact) mass is 238 g/mol. The van der Waals surface area contributed by atoms with Crippen LogP contribution in [0, 0.1) is 0 Å². The Balaban J connectivity index is 2.55. The third-order valence-electron chi connectivity index (χ3n) is 2.63. The van der Waals surface area contributed by atoms with Crippen molar-refractivity contribution in [3.63, 3.8) is 0 Å². The van der Waals surface area contributed by atoms with Gasteiger partial charge in [-0.1, -0.05) is 52.2 Å². The lowest BCUT2D eigenvalue weighted by Gasteiger charge is -2.24. The maximum Gasteiger partial charge on any atom is 0.129 e. The van der Waals surface area contributed by atoms with Gasteiger partial charge in [0, 0.05) is 9.64 Å². The molecule has 0 amide bonds. The van der Waals surface area contributed by atoms with Crippen molar-refractivity contribution in [2.24, 2.45) is 0 Å². The minimum atomic E-state index is 0.202. The minimum Gasteiger partial charge on any atom is -0.507 e. The van der Waals surface area contributed by atoms with E-state index in [1.165, 1.54) is 25.7 Å². The molecular weight excluding hydrogens is 216 g/mol. The Morgan fingerprint density at radius 3 is 2.50 bits per heavy atom. The van der Waals surface area contributed by atoms with Gasteiger partial charge in [-0.15, -0.1) is 11.8 Å².